The average Bonchev–Trinajstić information content (AvgIpc) is 3.33. The number of Topliss-reactive ketones (excluding diaryl/α,β-unsaturated/α-hetero) is 1. The number of ether oxygens (including phenoxy) is 1. The summed E-state index contributed by atoms with van der Waals surface area (Å²) < 4.78 is 19.6. The molecule has 1 aliphatic heterocycles. The normalized spacial score (nSPS) is 16.3. The Morgan fingerprint density at radius 3 is 2.88 bits per heavy atom. The molecule has 0 spiro atoms. The second-order valence-corrected chi connectivity index (χ2v) is 8.14. The number of fused-ring (bicyclic) bond motifs is 1. The molecule has 160 valence electrons. The highest BCUT2D eigenvalue weighted by Gasteiger charge is 2.32. The van der Waals surface area contributed by atoms with Gasteiger partial charge in [-0.1, -0.05) is 18.2 Å². The Balaban J connectivity index is 1.36. The zero-order valence-electron chi connectivity index (χ0n) is 16.6. The van der Waals surface area contributed by atoms with Crippen molar-refractivity contribution in [1.82, 2.24) is 25.1 Å². The molecule has 0 aliphatic carbocycles. The number of halogens is 1. The highest BCUT2D eigenvalue weighted by molar-refractivity contribution is 7.17. The van der Waals surface area contributed by atoms with Crippen LogP contribution in [-0.2, 0) is 4.74 Å². The topological polar surface area (TPSA) is 98.2 Å². The van der Waals surface area contributed by atoms with Gasteiger partial charge in [-0.05, 0) is 18.2 Å². The number of carbonyl (C=O) groups excluding carboxylic acids is 2. The van der Waals surface area contributed by atoms with Crippen LogP contribution in [0.4, 0.5) is 4.39 Å². The maximum absolute atomic E-state index is 14.0. The molecule has 1 aromatic carbocycles. The number of carbonyl (C=O) groups is 2. The Kier molecular flexibility index (Phi) is 5.38. The quantitative estimate of drug-likeness (QED) is 0.442. The summed E-state index contributed by atoms with van der Waals surface area (Å²) in [7, 11) is 0. The third-order valence-electron chi connectivity index (χ3n) is 5.13. The average molecular weight is 449 g/mol. The van der Waals surface area contributed by atoms with Crippen LogP contribution in [-0.4, -0.2) is 62.6 Å². The summed E-state index contributed by atoms with van der Waals surface area (Å²) in [5, 5.41) is 8.85. The van der Waals surface area contributed by atoms with Crippen molar-refractivity contribution in [2.75, 3.05) is 19.7 Å². The van der Waals surface area contributed by atoms with Crippen molar-refractivity contribution >= 4 is 33.9 Å². The predicted octanol–water partition coefficient (Wildman–Crippen LogP) is 3.01. The van der Waals surface area contributed by atoms with Crippen LogP contribution < -0.4 is 0 Å². The number of benzene rings is 1. The molecular formula is C22H16FN5O3S. The van der Waals surface area contributed by atoms with E-state index in [1.54, 1.807) is 11.0 Å². The molecule has 1 saturated heterocycles. The summed E-state index contributed by atoms with van der Waals surface area (Å²) in [4.78, 5) is 36.3. The first kappa shape index (κ1) is 20.3. The minimum absolute atomic E-state index is 0.0845. The van der Waals surface area contributed by atoms with Crippen LogP contribution in [0.1, 0.15) is 20.2 Å². The second-order valence-electron chi connectivity index (χ2n) is 7.11. The maximum atomic E-state index is 14.0. The number of hydrogen-bond acceptors (Lipinski definition) is 8. The summed E-state index contributed by atoms with van der Waals surface area (Å²) in [5.74, 6) is -1.08. The number of aromatic nitrogens is 4. The molecule has 4 heterocycles. The molecule has 1 amide bonds. The molecule has 5 rings (SSSR count). The molecule has 10 heteroatoms. The molecule has 1 atom stereocenters. The predicted molar refractivity (Wildman–Crippen MR) is 115 cm³/mol. The lowest BCUT2D eigenvalue weighted by Gasteiger charge is -2.32. The third kappa shape index (κ3) is 3.74. The van der Waals surface area contributed by atoms with Crippen molar-refractivity contribution in [2.24, 2.45) is 0 Å². The summed E-state index contributed by atoms with van der Waals surface area (Å²) in [6.07, 6.45) is 3.47. The zero-order valence-corrected chi connectivity index (χ0v) is 17.5. The largest absolute Gasteiger partial charge is 0.366 e. The van der Waals surface area contributed by atoms with Gasteiger partial charge < -0.3 is 9.64 Å². The Bertz CT molecular complexity index is 1320. The van der Waals surface area contributed by atoms with Crippen LogP contribution in [0.5, 0.6) is 0 Å². The molecule has 32 heavy (non-hydrogen) atoms. The Labute approximate surface area is 185 Å². The minimum Gasteiger partial charge on any atom is -0.366 e. The minimum atomic E-state index is -0.860. The molecule has 8 nitrogen and oxygen atoms in total. The Hall–Kier alpha value is -3.63. The number of amides is 1. The van der Waals surface area contributed by atoms with Gasteiger partial charge >= 0.3 is 0 Å². The maximum Gasteiger partial charge on any atom is 0.256 e. The highest BCUT2D eigenvalue weighted by atomic mass is 32.1. The van der Waals surface area contributed by atoms with Crippen molar-refractivity contribution in [3.05, 3.63) is 71.4 Å². The number of pyridine rings is 1. The number of rotatable bonds is 4. The van der Waals surface area contributed by atoms with E-state index in [1.807, 2.05) is 18.2 Å². The van der Waals surface area contributed by atoms with E-state index in [2.05, 4.69) is 20.2 Å². The fourth-order valence-electron chi connectivity index (χ4n) is 3.54. The van der Waals surface area contributed by atoms with Crippen molar-refractivity contribution in [1.29, 1.82) is 0 Å². The lowest BCUT2D eigenvalue weighted by Crippen LogP contribution is -2.48. The first-order valence-corrected chi connectivity index (χ1v) is 10.7. The van der Waals surface area contributed by atoms with Crippen molar-refractivity contribution < 1.29 is 18.7 Å². The van der Waals surface area contributed by atoms with Gasteiger partial charge in [0.25, 0.3) is 5.91 Å². The fourth-order valence-corrected chi connectivity index (χ4v) is 4.44. The number of hydrogen-bond donors (Lipinski definition) is 0. The standard InChI is InChI=1S/C22H16FN5O3S/c23-15-5-3-7-24-19(15)18-11-25-21(32-18)20(29)17-12-28(8-9-31-17)22(30)14-10-26-27-16-6-2-1-4-13(14)16/h1-7,10-11,17H,8-9,12H2/t17-/m0/s1. The van der Waals surface area contributed by atoms with E-state index in [0.29, 0.717) is 27.9 Å². The summed E-state index contributed by atoms with van der Waals surface area (Å²) >= 11 is 1.04. The van der Waals surface area contributed by atoms with Gasteiger partial charge in [-0.25, -0.2) is 9.37 Å². The number of morpholine rings is 1. The van der Waals surface area contributed by atoms with Gasteiger partial charge in [-0.3, -0.25) is 14.6 Å². The van der Waals surface area contributed by atoms with Gasteiger partial charge in [0.05, 0.1) is 35.3 Å². The van der Waals surface area contributed by atoms with Crippen LogP contribution >= 0.6 is 11.3 Å². The highest BCUT2D eigenvalue weighted by Crippen LogP contribution is 2.28. The monoisotopic (exact) mass is 449 g/mol. The van der Waals surface area contributed by atoms with Gasteiger partial charge in [0.1, 0.15) is 17.6 Å². The molecule has 1 fully saturated rings. The number of nitrogens with zero attached hydrogens (tertiary/aromatic N) is 5. The molecule has 0 bridgehead atoms. The van der Waals surface area contributed by atoms with E-state index in [0.717, 1.165) is 11.3 Å². The summed E-state index contributed by atoms with van der Waals surface area (Å²) in [6.45, 7) is 0.647. The van der Waals surface area contributed by atoms with Crippen LogP contribution in [0.3, 0.4) is 0 Å². The molecule has 3 aromatic heterocycles. The van der Waals surface area contributed by atoms with Gasteiger partial charge in [0.2, 0.25) is 5.78 Å². The van der Waals surface area contributed by atoms with E-state index < -0.39 is 11.9 Å². The first-order chi connectivity index (χ1) is 15.6. The molecule has 1 aliphatic rings. The third-order valence-corrected chi connectivity index (χ3v) is 6.15. The van der Waals surface area contributed by atoms with Crippen LogP contribution in [0.15, 0.2) is 55.0 Å². The Morgan fingerprint density at radius 2 is 2.00 bits per heavy atom. The smallest absolute Gasteiger partial charge is 0.256 e. The summed E-state index contributed by atoms with van der Waals surface area (Å²) in [6, 6.07) is 10.1. The van der Waals surface area contributed by atoms with E-state index in [1.165, 1.54) is 30.7 Å². The van der Waals surface area contributed by atoms with E-state index >= 15 is 0 Å². The SMILES string of the molecule is O=C(c1ncc(-c2ncccc2F)s1)[C@@H]1CN(C(=O)c2cnnc3ccccc23)CCO1. The van der Waals surface area contributed by atoms with Gasteiger partial charge in [-0.2, -0.15) is 10.2 Å². The molecule has 0 saturated carbocycles. The summed E-state index contributed by atoms with van der Waals surface area (Å²) in [5.41, 5.74) is 1.18. The first-order valence-electron chi connectivity index (χ1n) is 9.84. The second kappa shape index (κ2) is 8.48. The number of ketones is 1. The van der Waals surface area contributed by atoms with E-state index in [9.17, 15) is 14.0 Å². The zero-order chi connectivity index (χ0) is 22.1. The molecule has 0 radical (unpaired) electrons. The Morgan fingerprint density at radius 1 is 1.12 bits per heavy atom. The van der Waals surface area contributed by atoms with Crippen LogP contribution in [0.2, 0.25) is 0 Å². The van der Waals surface area contributed by atoms with Crippen LogP contribution in [0, 0.1) is 5.82 Å². The fraction of sp³-hybridized carbons (Fsp3) is 0.182. The van der Waals surface area contributed by atoms with E-state index in [4.69, 9.17) is 4.74 Å². The lowest BCUT2D eigenvalue weighted by atomic mass is 10.1. The van der Waals surface area contributed by atoms with Crippen molar-refractivity contribution in [2.45, 2.75) is 6.10 Å². The van der Waals surface area contributed by atoms with E-state index in [-0.39, 0.29) is 35.5 Å². The van der Waals surface area contributed by atoms with Gasteiger partial charge in [0.15, 0.2) is 5.01 Å². The van der Waals surface area contributed by atoms with Crippen LogP contribution in [0.25, 0.3) is 21.5 Å². The van der Waals surface area contributed by atoms with Gasteiger partial charge in [0, 0.05) is 24.3 Å². The molecule has 4 aromatic rings. The molecular weight excluding hydrogens is 433 g/mol. The van der Waals surface area contributed by atoms with Crippen molar-refractivity contribution in [3.63, 3.8) is 0 Å². The lowest BCUT2D eigenvalue weighted by molar-refractivity contribution is -0.0114. The molecule has 0 N–H and O–H groups in total. The molecule has 0 unspecified atom stereocenters. The van der Waals surface area contributed by atoms with Crippen molar-refractivity contribution in [3.8, 4) is 10.6 Å². The number of thiazole rings is 1. The van der Waals surface area contributed by atoms with Gasteiger partial charge in [-0.15, -0.1) is 11.3 Å².